The van der Waals surface area contributed by atoms with Crippen LogP contribution >= 0.6 is 0 Å². The molecule has 0 aliphatic carbocycles. The van der Waals surface area contributed by atoms with Gasteiger partial charge in [0.1, 0.15) is 0 Å². The fourth-order valence-corrected chi connectivity index (χ4v) is 2.38. The second kappa shape index (κ2) is 5.69. The standard InChI is InChI=1S/C12H22N2O3/c1-9-8-14(5-7-16-9)12(15)13-10(2)11-4-3-6-17-11/h9-11H,3-8H2,1-2H3,(H,13,15). The number of nitrogens with one attached hydrogen (secondary N) is 1. The lowest BCUT2D eigenvalue weighted by atomic mass is 10.1. The highest BCUT2D eigenvalue weighted by Crippen LogP contribution is 2.15. The Morgan fingerprint density at radius 1 is 1.41 bits per heavy atom. The molecule has 2 aliphatic rings. The normalized spacial score (nSPS) is 31.3. The van der Waals surface area contributed by atoms with Gasteiger partial charge in [-0.05, 0) is 26.7 Å². The average Bonchev–Trinajstić information content (AvgIpc) is 2.82. The summed E-state index contributed by atoms with van der Waals surface area (Å²) in [5.41, 5.74) is 0. The molecule has 1 N–H and O–H groups in total. The Morgan fingerprint density at radius 3 is 2.88 bits per heavy atom. The molecule has 17 heavy (non-hydrogen) atoms. The SMILES string of the molecule is CC1CN(C(=O)NC(C)C2CCCO2)CCO1. The van der Waals surface area contributed by atoms with Crippen LogP contribution in [0.25, 0.3) is 0 Å². The third kappa shape index (κ3) is 3.33. The molecule has 5 heteroatoms. The van der Waals surface area contributed by atoms with Crippen LogP contribution in [0.1, 0.15) is 26.7 Å². The molecule has 2 aliphatic heterocycles. The molecule has 2 heterocycles. The van der Waals surface area contributed by atoms with Gasteiger partial charge in [0.05, 0.1) is 24.9 Å². The Kier molecular flexibility index (Phi) is 4.23. The molecule has 3 atom stereocenters. The quantitative estimate of drug-likeness (QED) is 0.785. The van der Waals surface area contributed by atoms with Gasteiger partial charge in [0.15, 0.2) is 0 Å². The number of amides is 2. The molecule has 98 valence electrons. The third-order valence-corrected chi connectivity index (χ3v) is 3.40. The molecule has 0 radical (unpaired) electrons. The van der Waals surface area contributed by atoms with E-state index >= 15 is 0 Å². The van der Waals surface area contributed by atoms with Crippen molar-refractivity contribution in [3.8, 4) is 0 Å². The molecular formula is C12H22N2O3. The molecule has 0 aromatic carbocycles. The van der Waals surface area contributed by atoms with E-state index in [1.54, 1.807) is 0 Å². The van der Waals surface area contributed by atoms with Crippen molar-refractivity contribution >= 4 is 6.03 Å². The zero-order chi connectivity index (χ0) is 12.3. The van der Waals surface area contributed by atoms with Crippen LogP contribution < -0.4 is 5.32 Å². The average molecular weight is 242 g/mol. The van der Waals surface area contributed by atoms with E-state index in [1.807, 2.05) is 18.7 Å². The minimum Gasteiger partial charge on any atom is -0.376 e. The number of rotatable bonds is 2. The van der Waals surface area contributed by atoms with Gasteiger partial charge in [0.25, 0.3) is 0 Å². The fourth-order valence-electron chi connectivity index (χ4n) is 2.38. The number of hydrogen-bond donors (Lipinski definition) is 1. The summed E-state index contributed by atoms with van der Waals surface area (Å²) in [6.07, 6.45) is 2.45. The van der Waals surface area contributed by atoms with Crippen LogP contribution in [0.4, 0.5) is 4.79 Å². The summed E-state index contributed by atoms with van der Waals surface area (Å²) in [5.74, 6) is 0. The Morgan fingerprint density at radius 2 is 2.24 bits per heavy atom. The van der Waals surface area contributed by atoms with E-state index < -0.39 is 0 Å². The largest absolute Gasteiger partial charge is 0.376 e. The first-order chi connectivity index (χ1) is 8.16. The van der Waals surface area contributed by atoms with E-state index in [0.717, 1.165) is 19.4 Å². The van der Waals surface area contributed by atoms with Crippen molar-refractivity contribution < 1.29 is 14.3 Å². The van der Waals surface area contributed by atoms with Gasteiger partial charge in [0.2, 0.25) is 0 Å². The van der Waals surface area contributed by atoms with Gasteiger partial charge in [-0.3, -0.25) is 0 Å². The number of nitrogens with zero attached hydrogens (tertiary/aromatic N) is 1. The first-order valence-electron chi connectivity index (χ1n) is 6.45. The fraction of sp³-hybridized carbons (Fsp3) is 0.917. The summed E-state index contributed by atoms with van der Waals surface area (Å²) in [6, 6.07) is 0.0892. The van der Waals surface area contributed by atoms with Crippen molar-refractivity contribution in [3.05, 3.63) is 0 Å². The molecule has 0 aromatic rings. The zero-order valence-corrected chi connectivity index (χ0v) is 10.6. The van der Waals surface area contributed by atoms with E-state index in [0.29, 0.717) is 19.7 Å². The van der Waals surface area contributed by atoms with Crippen molar-refractivity contribution in [3.63, 3.8) is 0 Å². The number of carbonyl (C=O) groups is 1. The van der Waals surface area contributed by atoms with Crippen LogP contribution in [0, 0.1) is 0 Å². The van der Waals surface area contributed by atoms with E-state index in [-0.39, 0.29) is 24.3 Å². The Hall–Kier alpha value is -0.810. The molecule has 0 spiro atoms. The van der Waals surface area contributed by atoms with Gasteiger partial charge in [-0.1, -0.05) is 0 Å². The smallest absolute Gasteiger partial charge is 0.317 e. The maximum atomic E-state index is 12.0. The number of hydrogen-bond acceptors (Lipinski definition) is 3. The first kappa shape index (κ1) is 12.6. The Balaban J connectivity index is 1.79. The summed E-state index contributed by atoms with van der Waals surface area (Å²) in [5, 5.41) is 3.02. The van der Waals surface area contributed by atoms with Gasteiger partial charge in [-0.15, -0.1) is 0 Å². The molecule has 2 amide bonds. The maximum absolute atomic E-state index is 12.0. The topological polar surface area (TPSA) is 50.8 Å². The number of carbonyl (C=O) groups excluding carboxylic acids is 1. The van der Waals surface area contributed by atoms with Crippen LogP contribution in [0.5, 0.6) is 0 Å². The highest BCUT2D eigenvalue weighted by atomic mass is 16.5. The predicted octanol–water partition coefficient (Wildman–Crippen LogP) is 0.984. The molecule has 2 fully saturated rings. The minimum absolute atomic E-state index is 0.00292. The van der Waals surface area contributed by atoms with Crippen molar-refractivity contribution in [1.82, 2.24) is 10.2 Å². The number of ether oxygens (including phenoxy) is 2. The van der Waals surface area contributed by atoms with Crippen molar-refractivity contribution in [2.24, 2.45) is 0 Å². The first-order valence-corrected chi connectivity index (χ1v) is 6.45. The number of morpholine rings is 1. The predicted molar refractivity (Wildman–Crippen MR) is 64.0 cm³/mol. The van der Waals surface area contributed by atoms with E-state index in [9.17, 15) is 4.79 Å². The summed E-state index contributed by atoms with van der Waals surface area (Å²) >= 11 is 0. The number of urea groups is 1. The van der Waals surface area contributed by atoms with Crippen LogP contribution in [0.3, 0.4) is 0 Å². The summed E-state index contributed by atoms with van der Waals surface area (Å²) in [4.78, 5) is 13.8. The molecule has 3 unspecified atom stereocenters. The molecule has 2 saturated heterocycles. The van der Waals surface area contributed by atoms with Gasteiger partial charge in [-0.25, -0.2) is 4.79 Å². The second-order valence-electron chi connectivity index (χ2n) is 4.92. The zero-order valence-electron chi connectivity index (χ0n) is 10.6. The molecule has 0 aromatic heterocycles. The molecule has 0 bridgehead atoms. The summed E-state index contributed by atoms with van der Waals surface area (Å²) in [6.45, 7) is 6.79. The Labute approximate surface area is 102 Å². The minimum atomic E-state index is 0.00292. The van der Waals surface area contributed by atoms with Crippen molar-refractivity contribution in [2.45, 2.75) is 44.9 Å². The maximum Gasteiger partial charge on any atom is 0.317 e. The van der Waals surface area contributed by atoms with E-state index in [4.69, 9.17) is 9.47 Å². The van der Waals surface area contributed by atoms with Crippen molar-refractivity contribution in [2.75, 3.05) is 26.3 Å². The van der Waals surface area contributed by atoms with Gasteiger partial charge in [-0.2, -0.15) is 0 Å². The highest BCUT2D eigenvalue weighted by molar-refractivity contribution is 5.74. The van der Waals surface area contributed by atoms with E-state index in [1.165, 1.54) is 0 Å². The Bertz CT molecular complexity index is 266. The molecule has 0 saturated carbocycles. The molecule has 5 nitrogen and oxygen atoms in total. The van der Waals surface area contributed by atoms with Crippen LogP contribution in [0.15, 0.2) is 0 Å². The summed E-state index contributed by atoms with van der Waals surface area (Å²) in [7, 11) is 0. The third-order valence-electron chi connectivity index (χ3n) is 3.40. The lowest BCUT2D eigenvalue weighted by molar-refractivity contribution is -0.00494. The van der Waals surface area contributed by atoms with Gasteiger partial charge in [0, 0.05) is 19.7 Å². The van der Waals surface area contributed by atoms with Crippen LogP contribution in [0.2, 0.25) is 0 Å². The van der Waals surface area contributed by atoms with Crippen LogP contribution in [-0.4, -0.2) is 55.5 Å². The lowest BCUT2D eigenvalue weighted by Crippen LogP contribution is -2.52. The molecular weight excluding hydrogens is 220 g/mol. The van der Waals surface area contributed by atoms with Gasteiger partial charge < -0.3 is 19.7 Å². The molecule has 2 rings (SSSR count). The summed E-state index contributed by atoms with van der Waals surface area (Å²) < 4.78 is 11.0. The lowest BCUT2D eigenvalue weighted by Gasteiger charge is -2.32. The second-order valence-corrected chi connectivity index (χ2v) is 4.92. The van der Waals surface area contributed by atoms with Gasteiger partial charge >= 0.3 is 6.03 Å². The van der Waals surface area contributed by atoms with Crippen molar-refractivity contribution in [1.29, 1.82) is 0 Å². The highest BCUT2D eigenvalue weighted by Gasteiger charge is 2.27. The monoisotopic (exact) mass is 242 g/mol. The van der Waals surface area contributed by atoms with Crippen LogP contribution in [-0.2, 0) is 9.47 Å². The van der Waals surface area contributed by atoms with E-state index in [2.05, 4.69) is 5.32 Å².